The van der Waals surface area contributed by atoms with E-state index in [-0.39, 0.29) is 23.0 Å². The van der Waals surface area contributed by atoms with Gasteiger partial charge >= 0.3 is 0 Å². The van der Waals surface area contributed by atoms with Gasteiger partial charge in [0.25, 0.3) is 10.0 Å². The molecule has 2 amide bonds. The summed E-state index contributed by atoms with van der Waals surface area (Å²) in [7, 11) is -2.71. The number of rotatable bonds is 13. The van der Waals surface area contributed by atoms with E-state index in [1.54, 1.807) is 49.4 Å². The third kappa shape index (κ3) is 7.60. The molecule has 39 heavy (non-hydrogen) atoms. The molecule has 0 aliphatic carbocycles. The number of hydrogen-bond acceptors (Lipinski definition) is 5. The first kappa shape index (κ1) is 29.7. The zero-order chi connectivity index (χ0) is 28.4. The molecule has 0 aliphatic rings. The van der Waals surface area contributed by atoms with Crippen molar-refractivity contribution < 1.29 is 22.7 Å². The molecule has 0 aromatic heterocycles. The van der Waals surface area contributed by atoms with E-state index in [0.717, 1.165) is 28.3 Å². The summed E-state index contributed by atoms with van der Waals surface area (Å²) >= 11 is 0. The van der Waals surface area contributed by atoms with Gasteiger partial charge in [-0.25, -0.2) is 8.42 Å². The number of carbonyl (C=O) groups is 2. The van der Waals surface area contributed by atoms with Gasteiger partial charge in [0.15, 0.2) is 0 Å². The van der Waals surface area contributed by atoms with Crippen molar-refractivity contribution in [3.8, 4) is 5.75 Å². The van der Waals surface area contributed by atoms with Gasteiger partial charge in [0, 0.05) is 13.1 Å². The molecule has 3 aromatic rings. The van der Waals surface area contributed by atoms with E-state index >= 15 is 0 Å². The van der Waals surface area contributed by atoms with Crippen LogP contribution < -0.4 is 14.4 Å². The second-order valence-electron chi connectivity index (χ2n) is 9.33. The van der Waals surface area contributed by atoms with Crippen LogP contribution in [0.15, 0.2) is 83.8 Å². The van der Waals surface area contributed by atoms with Crippen LogP contribution in [0.2, 0.25) is 0 Å². The second kappa shape index (κ2) is 13.8. The van der Waals surface area contributed by atoms with Crippen molar-refractivity contribution >= 4 is 27.5 Å². The Balaban J connectivity index is 2.02. The zero-order valence-corrected chi connectivity index (χ0v) is 23.8. The molecular weight excluding hydrogens is 514 g/mol. The quantitative estimate of drug-likeness (QED) is 0.315. The molecule has 0 fully saturated rings. The Kier molecular flexibility index (Phi) is 10.5. The first-order valence-corrected chi connectivity index (χ1v) is 14.5. The average molecular weight is 552 g/mol. The lowest BCUT2D eigenvalue weighted by atomic mass is 10.1. The number of sulfonamides is 1. The predicted molar refractivity (Wildman–Crippen MR) is 153 cm³/mol. The maximum absolute atomic E-state index is 14.0. The van der Waals surface area contributed by atoms with E-state index in [4.69, 9.17) is 4.74 Å². The normalized spacial score (nSPS) is 11.9. The lowest BCUT2D eigenvalue weighted by Crippen LogP contribution is -2.51. The molecular formula is C30H37N3O5S. The average Bonchev–Trinajstić information content (AvgIpc) is 2.94. The Morgan fingerprint density at radius 1 is 0.974 bits per heavy atom. The Bertz CT molecular complexity index is 1360. The summed E-state index contributed by atoms with van der Waals surface area (Å²) in [6.07, 6.45) is 1.74. The van der Waals surface area contributed by atoms with Gasteiger partial charge in [0.1, 0.15) is 18.3 Å². The summed E-state index contributed by atoms with van der Waals surface area (Å²) in [5, 5.41) is 2.89. The van der Waals surface area contributed by atoms with Crippen LogP contribution in [0.5, 0.6) is 5.75 Å². The maximum Gasteiger partial charge on any atom is 0.264 e. The third-order valence-corrected chi connectivity index (χ3v) is 8.17. The monoisotopic (exact) mass is 551 g/mol. The first-order valence-electron chi connectivity index (χ1n) is 13.0. The predicted octanol–water partition coefficient (Wildman–Crippen LogP) is 4.53. The molecule has 208 valence electrons. The van der Waals surface area contributed by atoms with E-state index in [9.17, 15) is 18.0 Å². The molecule has 3 rings (SSSR count). The number of aryl methyl sites for hydroxylation is 1. The summed E-state index contributed by atoms with van der Waals surface area (Å²) in [4.78, 5) is 28.5. The van der Waals surface area contributed by atoms with Crippen molar-refractivity contribution in [1.82, 2.24) is 10.2 Å². The summed E-state index contributed by atoms with van der Waals surface area (Å²) in [6, 6.07) is 21.4. The highest BCUT2D eigenvalue weighted by Gasteiger charge is 2.33. The van der Waals surface area contributed by atoms with Crippen LogP contribution in [-0.2, 0) is 26.2 Å². The van der Waals surface area contributed by atoms with Gasteiger partial charge < -0.3 is 15.0 Å². The largest absolute Gasteiger partial charge is 0.495 e. The van der Waals surface area contributed by atoms with Crippen LogP contribution in [0.4, 0.5) is 5.69 Å². The van der Waals surface area contributed by atoms with Crippen molar-refractivity contribution in [1.29, 1.82) is 0 Å². The fraction of sp³-hybridized carbons (Fsp3) is 0.333. The summed E-state index contributed by atoms with van der Waals surface area (Å²) in [6.45, 7) is 5.77. The number of carbonyl (C=O) groups excluding carboxylic acids is 2. The molecule has 0 unspecified atom stereocenters. The van der Waals surface area contributed by atoms with Crippen LogP contribution in [-0.4, -0.2) is 51.4 Å². The van der Waals surface area contributed by atoms with Crippen molar-refractivity contribution in [3.05, 3.63) is 90.0 Å². The van der Waals surface area contributed by atoms with Crippen molar-refractivity contribution in [2.24, 2.45) is 0 Å². The van der Waals surface area contributed by atoms with E-state index in [1.807, 2.05) is 38.1 Å². The number of unbranched alkanes of at least 4 members (excludes halogenated alkanes) is 1. The van der Waals surface area contributed by atoms with E-state index in [0.29, 0.717) is 12.3 Å². The Labute approximate surface area is 231 Å². The third-order valence-electron chi connectivity index (χ3n) is 6.40. The number of benzene rings is 3. The molecule has 8 nitrogen and oxygen atoms in total. The first-order chi connectivity index (χ1) is 18.7. The van der Waals surface area contributed by atoms with E-state index in [1.165, 1.54) is 24.1 Å². The lowest BCUT2D eigenvalue weighted by molar-refractivity contribution is -0.139. The smallest absolute Gasteiger partial charge is 0.264 e. The SMILES string of the molecule is CCCCNC(=O)[C@H](C)N(Cc1cccc(C)c1)C(=O)CN(c1ccccc1OC)S(=O)(=O)c1ccccc1. The van der Waals surface area contributed by atoms with Gasteiger partial charge in [0.05, 0.1) is 17.7 Å². The van der Waals surface area contributed by atoms with E-state index in [2.05, 4.69) is 5.32 Å². The molecule has 0 spiro atoms. The van der Waals surface area contributed by atoms with Crippen LogP contribution >= 0.6 is 0 Å². The summed E-state index contributed by atoms with van der Waals surface area (Å²) in [5.74, 6) is -0.500. The summed E-state index contributed by atoms with van der Waals surface area (Å²) in [5.41, 5.74) is 2.08. The van der Waals surface area contributed by atoms with Gasteiger partial charge in [-0.05, 0) is 50.1 Å². The van der Waals surface area contributed by atoms with Gasteiger partial charge in [0.2, 0.25) is 11.8 Å². The van der Waals surface area contributed by atoms with Crippen LogP contribution in [0, 0.1) is 6.92 Å². The highest BCUT2D eigenvalue weighted by molar-refractivity contribution is 7.92. The van der Waals surface area contributed by atoms with Gasteiger partial charge in [-0.2, -0.15) is 0 Å². The standard InChI is InChI=1S/C30H37N3O5S/c1-5-6-19-31-30(35)24(3)32(21-25-14-12-13-23(2)20-25)29(34)22-33(27-17-10-11-18-28(27)38-4)39(36,37)26-15-8-7-9-16-26/h7-18,20,24H,5-6,19,21-22H2,1-4H3,(H,31,35)/t24-/m0/s1. The minimum absolute atomic E-state index is 0.0410. The van der Waals surface area contributed by atoms with Gasteiger partial charge in [-0.15, -0.1) is 0 Å². The molecule has 0 heterocycles. The maximum atomic E-state index is 14.0. The van der Waals surface area contributed by atoms with Crippen LogP contribution in [0.3, 0.4) is 0 Å². The number of nitrogens with one attached hydrogen (secondary N) is 1. The molecule has 9 heteroatoms. The molecule has 0 saturated carbocycles. The molecule has 0 bridgehead atoms. The summed E-state index contributed by atoms with van der Waals surface area (Å²) < 4.78 is 34.2. The number of hydrogen-bond donors (Lipinski definition) is 1. The highest BCUT2D eigenvalue weighted by atomic mass is 32.2. The van der Waals surface area contributed by atoms with Crippen molar-refractivity contribution in [3.63, 3.8) is 0 Å². The van der Waals surface area contributed by atoms with Gasteiger partial charge in [-0.3, -0.25) is 13.9 Å². The Morgan fingerprint density at radius 2 is 1.67 bits per heavy atom. The molecule has 3 aromatic carbocycles. The Hall–Kier alpha value is -3.85. The van der Waals surface area contributed by atoms with Crippen LogP contribution in [0.25, 0.3) is 0 Å². The zero-order valence-electron chi connectivity index (χ0n) is 23.0. The number of para-hydroxylation sites is 2. The highest BCUT2D eigenvalue weighted by Crippen LogP contribution is 2.32. The topological polar surface area (TPSA) is 96.0 Å². The molecule has 0 radical (unpaired) electrons. The van der Waals surface area contributed by atoms with Gasteiger partial charge in [-0.1, -0.05) is 73.5 Å². The van der Waals surface area contributed by atoms with Crippen molar-refractivity contribution in [2.75, 3.05) is 24.5 Å². The molecule has 1 atom stereocenters. The van der Waals surface area contributed by atoms with Crippen molar-refractivity contribution in [2.45, 2.75) is 51.1 Å². The second-order valence-corrected chi connectivity index (χ2v) is 11.2. The number of methoxy groups -OCH3 is 1. The molecule has 0 saturated heterocycles. The lowest BCUT2D eigenvalue weighted by Gasteiger charge is -2.32. The van der Waals surface area contributed by atoms with Crippen LogP contribution in [0.1, 0.15) is 37.8 Å². The number of anilines is 1. The fourth-order valence-electron chi connectivity index (χ4n) is 4.19. The number of amides is 2. The molecule has 0 aliphatic heterocycles. The minimum Gasteiger partial charge on any atom is -0.495 e. The number of nitrogens with zero attached hydrogens (tertiary/aromatic N) is 2. The fourth-order valence-corrected chi connectivity index (χ4v) is 5.64. The minimum atomic E-state index is -4.15. The Morgan fingerprint density at radius 3 is 2.33 bits per heavy atom. The van der Waals surface area contributed by atoms with E-state index < -0.39 is 28.5 Å². The number of ether oxygens (including phenoxy) is 1. The molecule has 1 N–H and O–H groups in total.